The van der Waals surface area contributed by atoms with E-state index in [4.69, 9.17) is 9.47 Å². The lowest BCUT2D eigenvalue weighted by Crippen LogP contribution is -2.10. The number of ether oxygens (including phenoxy) is 2. The van der Waals surface area contributed by atoms with E-state index in [1.807, 2.05) is 13.8 Å². The molecule has 4 nitrogen and oxygen atoms in total. The van der Waals surface area contributed by atoms with Crippen LogP contribution in [0.25, 0.3) is 33.4 Å². The minimum atomic E-state index is -0.318. The fourth-order valence-corrected chi connectivity index (χ4v) is 5.72. The summed E-state index contributed by atoms with van der Waals surface area (Å²) in [7, 11) is 2.86. The number of hydrogen-bond donors (Lipinski definition) is 0. The molecule has 0 heterocycles. The molecule has 0 N–H and O–H groups in total. The molecular weight excluding hydrogens is 496 g/mol. The first-order valence-corrected chi connectivity index (χ1v) is 13.5. The van der Waals surface area contributed by atoms with Crippen LogP contribution in [0.5, 0.6) is 0 Å². The molecule has 206 valence electrons. The van der Waals surface area contributed by atoms with Gasteiger partial charge in [-0.2, -0.15) is 0 Å². The highest BCUT2D eigenvalue weighted by atomic mass is 16.5. The topological polar surface area (TPSA) is 52.6 Å². The van der Waals surface area contributed by atoms with E-state index in [2.05, 4.69) is 90.1 Å². The Morgan fingerprint density at radius 3 is 0.925 bits per heavy atom. The van der Waals surface area contributed by atoms with Gasteiger partial charge in [0.25, 0.3) is 0 Å². The summed E-state index contributed by atoms with van der Waals surface area (Å²) in [6.07, 6.45) is 0. The van der Waals surface area contributed by atoms with E-state index in [-0.39, 0.29) is 11.9 Å². The third-order valence-electron chi connectivity index (χ3n) is 8.83. The third-order valence-corrected chi connectivity index (χ3v) is 8.83. The molecule has 4 aromatic carbocycles. The number of hydrogen-bond acceptors (Lipinski definition) is 4. The average Bonchev–Trinajstić information content (AvgIpc) is 2.97. The van der Waals surface area contributed by atoms with Crippen molar-refractivity contribution >= 4 is 11.9 Å². The molecule has 0 radical (unpaired) electrons. The summed E-state index contributed by atoms with van der Waals surface area (Å²) in [4.78, 5) is 25.6. The van der Waals surface area contributed by atoms with Gasteiger partial charge in [0, 0.05) is 0 Å². The van der Waals surface area contributed by atoms with E-state index in [0.717, 1.165) is 66.8 Å². The first-order valence-electron chi connectivity index (χ1n) is 13.5. The maximum Gasteiger partial charge on any atom is 0.338 e. The van der Waals surface area contributed by atoms with Crippen LogP contribution in [-0.2, 0) is 9.47 Å². The Bertz CT molecular complexity index is 1510. The number of carbonyl (C=O) groups is 2. The quantitative estimate of drug-likeness (QED) is 0.240. The Balaban J connectivity index is 1.78. The lowest BCUT2D eigenvalue weighted by Gasteiger charge is -2.20. The molecule has 0 aliphatic carbocycles. The molecular formula is C36H38O4. The van der Waals surface area contributed by atoms with Crippen LogP contribution in [0.3, 0.4) is 0 Å². The summed E-state index contributed by atoms with van der Waals surface area (Å²) in [6.45, 7) is 16.4. The van der Waals surface area contributed by atoms with E-state index in [1.54, 1.807) is 0 Å². The van der Waals surface area contributed by atoms with Gasteiger partial charge in [-0.15, -0.1) is 0 Å². The molecule has 0 unspecified atom stereocenters. The second-order valence-electron chi connectivity index (χ2n) is 10.6. The number of benzene rings is 4. The number of rotatable bonds is 5. The smallest absolute Gasteiger partial charge is 0.338 e. The SMILES string of the molecule is COC(=O)c1c(C)c(C)c(C)c(C)c1-c1ccc(-c2ccc(-c3c(C)c(C)c(C)c(C)c3C(=O)OC)cc2)cc1. The predicted molar refractivity (Wildman–Crippen MR) is 163 cm³/mol. The first kappa shape index (κ1) is 28.8. The molecule has 0 saturated heterocycles. The zero-order valence-electron chi connectivity index (χ0n) is 25.3. The van der Waals surface area contributed by atoms with E-state index >= 15 is 0 Å². The normalized spacial score (nSPS) is 10.9. The van der Waals surface area contributed by atoms with Gasteiger partial charge in [-0.1, -0.05) is 48.5 Å². The van der Waals surface area contributed by atoms with Crippen LogP contribution in [0.15, 0.2) is 48.5 Å². The Morgan fingerprint density at radius 1 is 0.400 bits per heavy atom. The molecule has 0 saturated carbocycles. The van der Waals surface area contributed by atoms with Gasteiger partial charge in [0.1, 0.15) is 0 Å². The highest BCUT2D eigenvalue weighted by Crippen LogP contribution is 2.38. The summed E-state index contributed by atoms with van der Waals surface area (Å²) in [5.74, 6) is -0.636. The number of esters is 2. The molecule has 0 amide bonds. The predicted octanol–water partition coefficient (Wildman–Crippen LogP) is 8.73. The van der Waals surface area contributed by atoms with E-state index in [0.29, 0.717) is 11.1 Å². The fourth-order valence-electron chi connectivity index (χ4n) is 5.72. The molecule has 0 aromatic heterocycles. The molecule has 4 rings (SSSR count). The van der Waals surface area contributed by atoms with E-state index < -0.39 is 0 Å². The van der Waals surface area contributed by atoms with Crippen molar-refractivity contribution in [3.05, 3.63) is 104 Å². The van der Waals surface area contributed by atoms with Gasteiger partial charge in [0.2, 0.25) is 0 Å². The van der Waals surface area contributed by atoms with Crippen molar-refractivity contribution in [2.24, 2.45) is 0 Å². The first-order chi connectivity index (χ1) is 18.9. The van der Waals surface area contributed by atoms with Crippen LogP contribution in [-0.4, -0.2) is 26.2 Å². The van der Waals surface area contributed by atoms with Crippen molar-refractivity contribution in [3.8, 4) is 33.4 Å². The van der Waals surface area contributed by atoms with Gasteiger partial charge in [-0.05, 0) is 133 Å². The minimum Gasteiger partial charge on any atom is -0.465 e. The lowest BCUT2D eigenvalue weighted by atomic mass is 9.84. The maximum atomic E-state index is 12.8. The Morgan fingerprint density at radius 2 is 0.650 bits per heavy atom. The zero-order chi connectivity index (χ0) is 29.5. The van der Waals surface area contributed by atoms with Crippen LogP contribution in [0.1, 0.15) is 65.2 Å². The largest absolute Gasteiger partial charge is 0.465 e. The van der Waals surface area contributed by atoms with E-state index in [9.17, 15) is 9.59 Å². The maximum absolute atomic E-state index is 12.8. The highest BCUT2D eigenvalue weighted by molar-refractivity contribution is 6.01. The Labute approximate surface area is 238 Å². The third kappa shape index (κ3) is 4.72. The van der Waals surface area contributed by atoms with Gasteiger partial charge in [-0.25, -0.2) is 9.59 Å². The Kier molecular flexibility index (Phi) is 8.02. The van der Waals surface area contributed by atoms with Crippen molar-refractivity contribution in [1.29, 1.82) is 0 Å². The summed E-state index contributed by atoms with van der Waals surface area (Å²) >= 11 is 0. The number of carbonyl (C=O) groups excluding carboxylic acids is 2. The lowest BCUT2D eigenvalue weighted by molar-refractivity contribution is 0.0591. The van der Waals surface area contributed by atoms with Gasteiger partial charge in [0.05, 0.1) is 25.3 Å². The molecule has 4 heteroatoms. The van der Waals surface area contributed by atoms with Crippen LogP contribution < -0.4 is 0 Å². The van der Waals surface area contributed by atoms with Gasteiger partial charge < -0.3 is 9.47 Å². The summed E-state index contributed by atoms with van der Waals surface area (Å²) in [5, 5.41) is 0. The fraction of sp³-hybridized carbons (Fsp3) is 0.278. The Hall–Kier alpha value is -4.18. The minimum absolute atomic E-state index is 0.318. The standard InChI is InChI=1S/C36H38O4/c1-19-21(3)25(7)33(35(37)39-9)31(23(19)5)29-15-11-27(12-16-29)28-13-17-30(18-14-28)32-24(6)20(2)22(4)26(8)34(32)36(38)40-10/h11-18H,1-10H3. The summed E-state index contributed by atoms with van der Waals surface area (Å²) < 4.78 is 10.3. The van der Waals surface area contributed by atoms with Crippen molar-refractivity contribution in [1.82, 2.24) is 0 Å². The molecule has 0 aliphatic rings. The van der Waals surface area contributed by atoms with Gasteiger partial charge in [-0.3, -0.25) is 0 Å². The van der Waals surface area contributed by atoms with Crippen molar-refractivity contribution in [3.63, 3.8) is 0 Å². The molecule has 0 spiro atoms. The molecule has 40 heavy (non-hydrogen) atoms. The number of methoxy groups -OCH3 is 2. The monoisotopic (exact) mass is 534 g/mol. The highest BCUT2D eigenvalue weighted by Gasteiger charge is 2.24. The van der Waals surface area contributed by atoms with Crippen LogP contribution in [0.4, 0.5) is 0 Å². The van der Waals surface area contributed by atoms with Crippen molar-refractivity contribution in [2.75, 3.05) is 14.2 Å². The van der Waals surface area contributed by atoms with Gasteiger partial charge >= 0.3 is 11.9 Å². The molecule has 0 bridgehead atoms. The summed E-state index contributed by atoms with van der Waals surface area (Å²) in [5.41, 5.74) is 15.8. The molecule has 4 aromatic rings. The molecule has 0 atom stereocenters. The van der Waals surface area contributed by atoms with Crippen molar-refractivity contribution in [2.45, 2.75) is 55.4 Å². The van der Waals surface area contributed by atoms with Gasteiger partial charge in [0.15, 0.2) is 0 Å². The van der Waals surface area contributed by atoms with E-state index in [1.165, 1.54) is 25.3 Å². The molecule has 0 fully saturated rings. The van der Waals surface area contributed by atoms with Crippen LogP contribution >= 0.6 is 0 Å². The van der Waals surface area contributed by atoms with Crippen LogP contribution in [0, 0.1) is 55.4 Å². The van der Waals surface area contributed by atoms with Crippen molar-refractivity contribution < 1.29 is 19.1 Å². The molecule has 0 aliphatic heterocycles. The summed E-state index contributed by atoms with van der Waals surface area (Å²) in [6, 6.07) is 16.6. The second kappa shape index (κ2) is 11.1. The average molecular weight is 535 g/mol. The zero-order valence-corrected chi connectivity index (χ0v) is 25.3. The second-order valence-corrected chi connectivity index (χ2v) is 10.6. The van der Waals surface area contributed by atoms with Crippen LogP contribution in [0.2, 0.25) is 0 Å².